The molecular formula is C16H18N2O2. The second kappa shape index (κ2) is 6.10. The van der Waals surface area contributed by atoms with Crippen molar-refractivity contribution in [3.63, 3.8) is 0 Å². The SMILES string of the molecule is Cc1ccc(NC(=O)C(C)Oc2ccccc2N)cc1. The minimum atomic E-state index is -0.624. The van der Waals surface area contributed by atoms with Crippen molar-refractivity contribution in [3.05, 3.63) is 54.1 Å². The normalized spacial score (nSPS) is 11.7. The van der Waals surface area contributed by atoms with E-state index in [0.29, 0.717) is 11.4 Å². The molecule has 0 saturated carbocycles. The first-order valence-electron chi connectivity index (χ1n) is 6.45. The van der Waals surface area contributed by atoms with Gasteiger partial charge in [-0.05, 0) is 38.1 Å². The van der Waals surface area contributed by atoms with Gasteiger partial charge in [0.15, 0.2) is 6.10 Å². The molecule has 0 bridgehead atoms. The van der Waals surface area contributed by atoms with E-state index >= 15 is 0 Å². The molecule has 0 aliphatic heterocycles. The number of hydrogen-bond acceptors (Lipinski definition) is 3. The molecule has 0 aliphatic rings. The number of rotatable bonds is 4. The monoisotopic (exact) mass is 270 g/mol. The smallest absolute Gasteiger partial charge is 0.265 e. The molecule has 1 unspecified atom stereocenters. The highest BCUT2D eigenvalue weighted by Crippen LogP contribution is 2.21. The van der Waals surface area contributed by atoms with E-state index in [0.717, 1.165) is 11.3 Å². The number of aryl methyl sites for hydroxylation is 1. The number of amides is 1. The Balaban J connectivity index is 1.99. The highest BCUT2D eigenvalue weighted by atomic mass is 16.5. The lowest BCUT2D eigenvalue weighted by Crippen LogP contribution is -2.30. The number of ether oxygens (including phenoxy) is 1. The van der Waals surface area contributed by atoms with Crippen molar-refractivity contribution in [2.75, 3.05) is 11.1 Å². The van der Waals surface area contributed by atoms with Crippen molar-refractivity contribution >= 4 is 17.3 Å². The van der Waals surface area contributed by atoms with Gasteiger partial charge >= 0.3 is 0 Å². The highest BCUT2D eigenvalue weighted by Gasteiger charge is 2.15. The third-order valence-corrected chi connectivity index (χ3v) is 2.91. The standard InChI is InChI=1S/C16H18N2O2/c1-11-7-9-13(10-8-11)18-16(19)12(2)20-15-6-4-3-5-14(15)17/h3-10,12H,17H2,1-2H3,(H,18,19). The van der Waals surface area contributed by atoms with Gasteiger partial charge in [-0.2, -0.15) is 0 Å². The minimum Gasteiger partial charge on any atom is -0.479 e. The quantitative estimate of drug-likeness (QED) is 0.839. The molecule has 20 heavy (non-hydrogen) atoms. The lowest BCUT2D eigenvalue weighted by Gasteiger charge is -2.16. The molecule has 2 aromatic carbocycles. The maximum absolute atomic E-state index is 12.0. The maximum atomic E-state index is 12.0. The van der Waals surface area contributed by atoms with Crippen molar-refractivity contribution in [2.24, 2.45) is 0 Å². The van der Waals surface area contributed by atoms with Crippen LogP contribution in [0.1, 0.15) is 12.5 Å². The Labute approximate surface area is 118 Å². The first kappa shape index (κ1) is 13.9. The number of hydrogen-bond donors (Lipinski definition) is 2. The summed E-state index contributed by atoms with van der Waals surface area (Å²) in [5.41, 5.74) is 8.19. The zero-order valence-corrected chi connectivity index (χ0v) is 11.6. The van der Waals surface area contributed by atoms with E-state index in [1.807, 2.05) is 43.3 Å². The van der Waals surface area contributed by atoms with Gasteiger partial charge in [-0.25, -0.2) is 0 Å². The van der Waals surface area contributed by atoms with Crippen LogP contribution in [0, 0.1) is 6.92 Å². The molecule has 104 valence electrons. The molecule has 4 heteroatoms. The summed E-state index contributed by atoms with van der Waals surface area (Å²) in [5.74, 6) is 0.302. The number of carbonyl (C=O) groups is 1. The van der Waals surface area contributed by atoms with Crippen LogP contribution < -0.4 is 15.8 Å². The predicted molar refractivity (Wildman–Crippen MR) is 80.8 cm³/mol. The van der Waals surface area contributed by atoms with Crippen LogP contribution in [-0.2, 0) is 4.79 Å². The zero-order valence-electron chi connectivity index (χ0n) is 11.6. The van der Waals surface area contributed by atoms with E-state index in [2.05, 4.69) is 5.32 Å². The topological polar surface area (TPSA) is 64.3 Å². The molecule has 2 aromatic rings. The van der Waals surface area contributed by atoms with Crippen molar-refractivity contribution < 1.29 is 9.53 Å². The van der Waals surface area contributed by atoms with Gasteiger partial charge in [-0.15, -0.1) is 0 Å². The van der Waals surface area contributed by atoms with Gasteiger partial charge < -0.3 is 15.8 Å². The van der Waals surface area contributed by atoms with Gasteiger partial charge in [0.1, 0.15) is 5.75 Å². The van der Waals surface area contributed by atoms with Crippen molar-refractivity contribution in [1.82, 2.24) is 0 Å². The Kier molecular flexibility index (Phi) is 4.25. The van der Waals surface area contributed by atoms with Gasteiger partial charge in [-0.1, -0.05) is 29.8 Å². The second-order valence-corrected chi connectivity index (χ2v) is 4.65. The predicted octanol–water partition coefficient (Wildman–Crippen LogP) is 2.98. The zero-order chi connectivity index (χ0) is 14.5. The van der Waals surface area contributed by atoms with Crippen molar-refractivity contribution in [1.29, 1.82) is 0 Å². The van der Waals surface area contributed by atoms with Crippen molar-refractivity contribution in [2.45, 2.75) is 20.0 Å². The van der Waals surface area contributed by atoms with Gasteiger partial charge in [-0.3, -0.25) is 4.79 Å². The summed E-state index contributed by atoms with van der Waals surface area (Å²) in [6.07, 6.45) is -0.624. The Morgan fingerprint density at radius 3 is 2.45 bits per heavy atom. The number of anilines is 2. The summed E-state index contributed by atoms with van der Waals surface area (Å²) in [7, 11) is 0. The van der Waals surface area contributed by atoms with Gasteiger partial charge in [0.25, 0.3) is 5.91 Å². The molecule has 0 spiro atoms. The summed E-state index contributed by atoms with van der Waals surface area (Å²) >= 11 is 0. The highest BCUT2D eigenvalue weighted by molar-refractivity contribution is 5.94. The van der Waals surface area contributed by atoms with E-state index in [9.17, 15) is 4.79 Å². The van der Waals surface area contributed by atoms with E-state index in [1.54, 1.807) is 19.1 Å². The van der Waals surface area contributed by atoms with Gasteiger partial charge in [0.05, 0.1) is 5.69 Å². The van der Waals surface area contributed by atoms with Crippen LogP contribution in [-0.4, -0.2) is 12.0 Å². The molecule has 0 heterocycles. The molecular weight excluding hydrogens is 252 g/mol. The van der Waals surface area contributed by atoms with Crippen LogP contribution in [0.5, 0.6) is 5.75 Å². The van der Waals surface area contributed by atoms with Crippen LogP contribution in [0.4, 0.5) is 11.4 Å². The Morgan fingerprint density at radius 1 is 1.15 bits per heavy atom. The lowest BCUT2D eigenvalue weighted by molar-refractivity contribution is -0.122. The van der Waals surface area contributed by atoms with Crippen LogP contribution >= 0.6 is 0 Å². The third-order valence-electron chi connectivity index (χ3n) is 2.91. The molecule has 2 rings (SSSR count). The second-order valence-electron chi connectivity index (χ2n) is 4.65. The summed E-state index contributed by atoms with van der Waals surface area (Å²) in [6.45, 7) is 3.69. The fraction of sp³-hybridized carbons (Fsp3) is 0.188. The Bertz CT molecular complexity index is 594. The molecule has 0 radical (unpaired) electrons. The third kappa shape index (κ3) is 3.51. The van der Waals surface area contributed by atoms with Crippen LogP contribution in [0.3, 0.4) is 0 Å². The summed E-state index contributed by atoms with van der Waals surface area (Å²) in [4.78, 5) is 12.0. The summed E-state index contributed by atoms with van der Waals surface area (Å²) in [5, 5.41) is 2.80. The van der Waals surface area contributed by atoms with E-state index in [-0.39, 0.29) is 5.91 Å². The van der Waals surface area contributed by atoms with Gasteiger partial charge in [0, 0.05) is 5.69 Å². The largest absolute Gasteiger partial charge is 0.479 e. The minimum absolute atomic E-state index is 0.211. The first-order valence-corrected chi connectivity index (χ1v) is 6.45. The maximum Gasteiger partial charge on any atom is 0.265 e. The number of carbonyl (C=O) groups excluding carboxylic acids is 1. The number of nitrogens with one attached hydrogen (secondary N) is 1. The van der Waals surface area contributed by atoms with Crippen LogP contribution in [0.25, 0.3) is 0 Å². The fourth-order valence-electron chi connectivity index (χ4n) is 1.71. The fourth-order valence-corrected chi connectivity index (χ4v) is 1.71. The van der Waals surface area contributed by atoms with Gasteiger partial charge in [0.2, 0.25) is 0 Å². The molecule has 3 N–H and O–H groups in total. The average molecular weight is 270 g/mol. The average Bonchev–Trinajstić information content (AvgIpc) is 2.44. The number of nitrogens with two attached hydrogens (primary N) is 1. The van der Waals surface area contributed by atoms with E-state index in [1.165, 1.54) is 0 Å². The Morgan fingerprint density at radius 2 is 1.80 bits per heavy atom. The summed E-state index contributed by atoms with van der Waals surface area (Å²) < 4.78 is 5.57. The molecule has 0 aromatic heterocycles. The molecule has 1 atom stereocenters. The van der Waals surface area contributed by atoms with Crippen molar-refractivity contribution in [3.8, 4) is 5.75 Å². The van der Waals surface area contributed by atoms with Crippen LogP contribution in [0.15, 0.2) is 48.5 Å². The molecule has 4 nitrogen and oxygen atoms in total. The van der Waals surface area contributed by atoms with E-state index in [4.69, 9.17) is 10.5 Å². The molecule has 0 saturated heterocycles. The Hall–Kier alpha value is -2.49. The number of benzene rings is 2. The van der Waals surface area contributed by atoms with E-state index < -0.39 is 6.10 Å². The number of para-hydroxylation sites is 2. The molecule has 0 aliphatic carbocycles. The molecule has 1 amide bonds. The molecule has 0 fully saturated rings. The van der Waals surface area contributed by atoms with Crippen LogP contribution in [0.2, 0.25) is 0 Å². The number of nitrogen functional groups attached to an aromatic ring is 1. The summed E-state index contributed by atoms with van der Waals surface area (Å²) in [6, 6.07) is 14.7. The lowest BCUT2D eigenvalue weighted by atomic mass is 10.2. The first-order chi connectivity index (χ1) is 9.56.